The van der Waals surface area contributed by atoms with Crippen LogP contribution < -0.4 is 0 Å². The van der Waals surface area contributed by atoms with E-state index in [-0.39, 0.29) is 0 Å². The summed E-state index contributed by atoms with van der Waals surface area (Å²) in [4.78, 5) is 11.8. The Morgan fingerprint density at radius 1 is 0.760 bits per heavy atom. The van der Waals surface area contributed by atoms with Crippen molar-refractivity contribution in [2.24, 2.45) is 0 Å². The van der Waals surface area contributed by atoms with Crippen molar-refractivity contribution in [1.82, 2.24) is 18.7 Å². The molecule has 0 spiro atoms. The number of rotatable bonds is 4. The summed E-state index contributed by atoms with van der Waals surface area (Å²) in [6.45, 7) is 8.43. The molecule has 0 amide bonds. The monoisotopic (exact) mass is 386 g/mol. The zero-order valence-electron chi connectivity index (χ0n) is 14.6. The smallest absolute Gasteiger partial charge is 0.114 e. The van der Waals surface area contributed by atoms with Gasteiger partial charge in [-0.3, -0.25) is 0 Å². The Bertz CT molecular complexity index is 976. The van der Waals surface area contributed by atoms with Crippen molar-refractivity contribution in [3.05, 3.63) is 33.5 Å². The predicted octanol–water partition coefficient (Wildman–Crippen LogP) is 5.68. The molecule has 0 unspecified atom stereocenters. The van der Waals surface area contributed by atoms with E-state index in [4.69, 9.17) is 0 Å². The molecule has 0 radical (unpaired) electrons. The number of aromatic nitrogens is 4. The molecule has 0 aliphatic heterocycles. The van der Waals surface area contributed by atoms with Crippen LogP contribution in [0.3, 0.4) is 0 Å². The second-order valence-corrected chi connectivity index (χ2v) is 8.57. The third kappa shape index (κ3) is 2.80. The van der Waals surface area contributed by atoms with E-state index in [1.165, 1.54) is 31.5 Å². The van der Waals surface area contributed by atoms with E-state index < -0.39 is 0 Å². The summed E-state index contributed by atoms with van der Waals surface area (Å²) in [5, 5.41) is 2.33. The molecule has 4 aromatic rings. The zero-order valence-corrected chi connectivity index (χ0v) is 17.0. The minimum atomic E-state index is 0.960. The van der Waals surface area contributed by atoms with Crippen LogP contribution in [0.5, 0.6) is 0 Å². The lowest BCUT2D eigenvalue weighted by molar-refractivity contribution is 1.07. The van der Waals surface area contributed by atoms with Crippen LogP contribution in [-0.2, 0) is 12.8 Å². The molecule has 3 heterocycles. The van der Waals surface area contributed by atoms with Gasteiger partial charge in [0.05, 0.1) is 42.9 Å². The second-order valence-electron chi connectivity index (χ2n) is 5.87. The van der Waals surface area contributed by atoms with Gasteiger partial charge in [-0.05, 0) is 26.7 Å². The number of hydrogen-bond donors (Lipinski definition) is 0. The maximum atomic E-state index is 4.67. The van der Waals surface area contributed by atoms with Gasteiger partial charge in [-0.15, -0.1) is 22.7 Å². The Labute approximate surface area is 158 Å². The first kappa shape index (κ1) is 16.8. The SMILES string of the molecule is CCc1nc(C)c(-c2ccc(-c3sc(CC)nc3C)c3nsnc23)s1. The molecule has 25 heavy (non-hydrogen) atoms. The van der Waals surface area contributed by atoms with Gasteiger partial charge in [-0.2, -0.15) is 8.75 Å². The highest BCUT2D eigenvalue weighted by atomic mass is 32.1. The number of thiazole rings is 2. The second kappa shape index (κ2) is 6.55. The first-order valence-corrected chi connectivity index (χ1v) is 10.7. The fourth-order valence-electron chi connectivity index (χ4n) is 2.94. The average molecular weight is 387 g/mol. The van der Waals surface area contributed by atoms with Crippen molar-refractivity contribution in [3.8, 4) is 20.9 Å². The summed E-state index contributed by atoms with van der Waals surface area (Å²) in [5.41, 5.74) is 6.38. The highest BCUT2D eigenvalue weighted by Gasteiger charge is 2.19. The van der Waals surface area contributed by atoms with Crippen LogP contribution in [0.1, 0.15) is 35.3 Å². The summed E-state index contributed by atoms with van der Waals surface area (Å²) in [6, 6.07) is 4.34. The lowest BCUT2D eigenvalue weighted by atomic mass is 10.0. The van der Waals surface area contributed by atoms with Crippen molar-refractivity contribution in [2.45, 2.75) is 40.5 Å². The van der Waals surface area contributed by atoms with E-state index in [1.807, 2.05) is 0 Å². The van der Waals surface area contributed by atoms with Crippen molar-refractivity contribution in [1.29, 1.82) is 0 Å². The Morgan fingerprint density at radius 3 is 1.56 bits per heavy atom. The maximum Gasteiger partial charge on any atom is 0.114 e. The first-order chi connectivity index (χ1) is 12.1. The van der Waals surface area contributed by atoms with E-state index in [2.05, 4.69) is 58.5 Å². The van der Waals surface area contributed by atoms with Gasteiger partial charge in [0.1, 0.15) is 11.0 Å². The normalized spacial score (nSPS) is 11.5. The number of benzene rings is 1. The molecule has 0 aliphatic carbocycles. The number of aryl methyl sites for hydroxylation is 4. The summed E-state index contributed by atoms with van der Waals surface area (Å²) in [5.74, 6) is 0. The Kier molecular flexibility index (Phi) is 4.39. The standard InChI is InChI=1S/C18H18N4S3/c1-5-13-19-9(3)17(23-13)11-7-8-12(16-15(11)21-25-22-16)18-10(4)20-14(6-2)24-18/h7-8H,5-6H2,1-4H3. The van der Waals surface area contributed by atoms with Crippen LogP contribution in [0.4, 0.5) is 0 Å². The van der Waals surface area contributed by atoms with Gasteiger partial charge in [-0.1, -0.05) is 26.0 Å². The Hall–Kier alpha value is -1.70. The summed E-state index contributed by atoms with van der Waals surface area (Å²) < 4.78 is 9.22. The molecule has 7 heteroatoms. The Balaban J connectivity index is 1.92. The zero-order chi connectivity index (χ0) is 17.6. The van der Waals surface area contributed by atoms with E-state index in [0.29, 0.717) is 0 Å². The van der Waals surface area contributed by atoms with Crippen LogP contribution in [0.25, 0.3) is 31.9 Å². The minimum Gasteiger partial charge on any atom is -0.246 e. The van der Waals surface area contributed by atoms with Crippen molar-refractivity contribution < 1.29 is 0 Å². The topological polar surface area (TPSA) is 51.6 Å². The number of hydrogen-bond acceptors (Lipinski definition) is 7. The quantitative estimate of drug-likeness (QED) is 0.453. The van der Waals surface area contributed by atoms with Crippen LogP contribution in [0.2, 0.25) is 0 Å². The van der Waals surface area contributed by atoms with Gasteiger partial charge in [-0.25, -0.2) is 9.97 Å². The summed E-state index contributed by atoms with van der Waals surface area (Å²) >= 11 is 4.79. The van der Waals surface area contributed by atoms with Gasteiger partial charge in [0.15, 0.2) is 0 Å². The molecule has 128 valence electrons. The maximum absolute atomic E-state index is 4.67. The van der Waals surface area contributed by atoms with Gasteiger partial charge >= 0.3 is 0 Å². The van der Waals surface area contributed by atoms with Gasteiger partial charge in [0, 0.05) is 11.1 Å². The van der Waals surface area contributed by atoms with E-state index in [9.17, 15) is 0 Å². The van der Waals surface area contributed by atoms with Gasteiger partial charge < -0.3 is 0 Å². The molecule has 4 rings (SSSR count). The summed E-state index contributed by atoms with van der Waals surface area (Å²) in [7, 11) is 0. The third-order valence-electron chi connectivity index (χ3n) is 4.19. The number of fused-ring (bicyclic) bond motifs is 1. The molecule has 0 N–H and O–H groups in total. The van der Waals surface area contributed by atoms with E-state index in [0.717, 1.165) is 46.4 Å². The molecule has 0 fully saturated rings. The highest BCUT2D eigenvalue weighted by molar-refractivity contribution is 7.16. The fourth-order valence-corrected chi connectivity index (χ4v) is 5.57. The van der Waals surface area contributed by atoms with Gasteiger partial charge in [0.2, 0.25) is 0 Å². The van der Waals surface area contributed by atoms with Crippen molar-refractivity contribution in [3.63, 3.8) is 0 Å². The molecule has 0 atom stereocenters. The molecular formula is C18H18N4S3. The third-order valence-corrected chi connectivity index (χ3v) is 7.39. The van der Waals surface area contributed by atoms with E-state index in [1.54, 1.807) is 22.7 Å². The highest BCUT2D eigenvalue weighted by Crippen LogP contribution is 2.40. The fraction of sp³-hybridized carbons (Fsp3) is 0.333. The predicted molar refractivity (Wildman–Crippen MR) is 108 cm³/mol. The lowest BCUT2D eigenvalue weighted by Gasteiger charge is -2.04. The van der Waals surface area contributed by atoms with Crippen LogP contribution in [0.15, 0.2) is 12.1 Å². The van der Waals surface area contributed by atoms with Gasteiger partial charge in [0.25, 0.3) is 0 Å². The number of nitrogens with zero attached hydrogens (tertiary/aromatic N) is 4. The summed E-state index contributed by atoms with van der Waals surface area (Å²) in [6.07, 6.45) is 1.92. The van der Waals surface area contributed by atoms with Crippen LogP contribution >= 0.6 is 34.4 Å². The van der Waals surface area contributed by atoms with Crippen LogP contribution in [-0.4, -0.2) is 18.7 Å². The van der Waals surface area contributed by atoms with E-state index >= 15 is 0 Å². The molecule has 0 aliphatic rings. The average Bonchev–Trinajstić information content (AvgIpc) is 3.32. The largest absolute Gasteiger partial charge is 0.246 e. The van der Waals surface area contributed by atoms with Crippen molar-refractivity contribution in [2.75, 3.05) is 0 Å². The molecule has 0 bridgehead atoms. The van der Waals surface area contributed by atoms with Crippen molar-refractivity contribution >= 4 is 45.4 Å². The molecule has 4 nitrogen and oxygen atoms in total. The molecule has 0 saturated carbocycles. The first-order valence-electron chi connectivity index (χ1n) is 8.31. The molecular weight excluding hydrogens is 368 g/mol. The minimum absolute atomic E-state index is 0.960. The van der Waals surface area contributed by atoms with Crippen LogP contribution in [0, 0.1) is 13.8 Å². The molecule has 0 saturated heterocycles. The molecule has 1 aromatic carbocycles. The molecule has 3 aromatic heterocycles. The lowest BCUT2D eigenvalue weighted by Crippen LogP contribution is -1.85. The Morgan fingerprint density at radius 2 is 1.20 bits per heavy atom.